The van der Waals surface area contributed by atoms with Gasteiger partial charge in [0.25, 0.3) is 0 Å². The van der Waals surface area contributed by atoms with Gasteiger partial charge in [0.2, 0.25) is 0 Å². The van der Waals surface area contributed by atoms with Crippen LogP contribution in [0, 0.1) is 5.41 Å². The predicted molar refractivity (Wildman–Crippen MR) is 76.9 cm³/mol. The van der Waals surface area contributed by atoms with Gasteiger partial charge in [0.1, 0.15) is 0 Å². The molecule has 4 nitrogen and oxygen atoms in total. The van der Waals surface area contributed by atoms with Crippen molar-refractivity contribution in [2.45, 2.75) is 39.0 Å². The minimum Gasteiger partial charge on any atom is -0.350 e. The predicted octanol–water partition coefficient (Wildman–Crippen LogP) is 2.83. The number of hydrogen-bond donors (Lipinski definition) is 2. The number of rotatable bonds is 3. The molecule has 1 aromatic rings. The van der Waals surface area contributed by atoms with Crippen LogP contribution in [0.15, 0.2) is 35.4 Å². The summed E-state index contributed by atoms with van der Waals surface area (Å²) in [6.45, 7) is 2.22. The van der Waals surface area contributed by atoms with Crippen molar-refractivity contribution in [2.75, 3.05) is 0 Å². The maximum atomic E-state index is 10.8. The number of carbonyl (C=O) groups excluding carboxylic acids is 1. The highest BCUT2D eigenvalue weighted by atomic mass is 16.2. The highest BCUT2D eigenvalue weighted by Crippen LogP contribution is 2.36. The van der Waals surface area contributed by atoms with Crippen molar-refractivity contribution >= 4 is 11.7 Å². The zero-order valence-electron chi connectivity index (χ0n) is 11.4. The second-order valence-corrected chi connectivity index (χ2v) is 5.46. The van der Waals surface area contributed by atoms with Crippen LogP contribution in [0.1, 0.15) is 38.2 Å². The van der Waals surface area contributed by atoms with E-state index >= 15 is 0 Å². The van der Waals surface area contributed by atoms with Crippen LogP contribution in [0.3, 0.4) is 0 Å². The van der Waals surface area contributed by atoms with Crippen LogP contribution in [0.2, 0.25) is 0 Å². The fourth-order valence-corrected chi connectivity index (χ4v) is 2.80. The molecular weight excluding hydrogens is 238 g/mol. The molecule has 1 aliphatic rings. The molecule has 0 heterocycles. The van der Waals surface area contributed by atoms with Gasteiger partial charge in [-0.2, -0.15) is 5.10 Å². The Morgan fingerprint density at radius 3 is 2.79 bits per heavy atom. The third-order valence-corrected chi connectivity index (χ3v) is 3.83. The molecule has 2 rings (SSSR count). The summed E-state index contributed by atoms with van der Waals surface area (Å²) < 4.78 is 0. The van der Waals surface area contributed by atoms with Gasteiger partial charge in [-0.3, -0.25) is 0 Å². The molecule has 0 unspecified atom stereocenters. The van der Waals surface area contributed by atoms with Crippen molar-refractivity contribution < 1.29 is 4.79 Å². The monoisotopic (exact) mass is 259 g/mol. The zero-order chi connectivity index (χ0) is 13.7. The number of nitrogens with two attached hydrogens (primary N) is 1. The zero-order valence-corrected chi connectivity index (χ0v) is 11.4. The lowest BCUT2D eigenvalue weighted by Gasteiger charge is -2.35. The van der Waals surface area contributed by atoms with Crippen LogP contribution < -0.4 is 11.2 Å². The molecule has 0 spiro atoms. The molecule has 1 atom stereocenters. The minimum atomic E-state index is -0.597. The molecular formula is C15H21N3O. The number of nitrogens with one attached hydrogen (secondary N) is 1. The Kier molecular flexibility index (Phi) is 4.20. The lowest BCUT2D eigenvalue weighted by Crippen LogP contribution is -2.36. The Labute approximate surface area is 114 Å². The number of hydrazone groups is 1. The van der Waals surface area contributed by atoms with E-state index in [4.69, 9.17) is 5.73 Å². The summed E-state index contributed by atoms with van der Waals surface area (Å²) >= 11 is 0. The topological polar surface area (TPSA) is 67.5 Å². The highest BCUT2D eigenvalue weighted by molar-refractivity contribution is 5.91. The first-order valence-corrected chi connectivity index (χ1v) is 6.76. The summed E-state index contributed by atoms with van der Waals surface area (Å²) in [6, 6.07) is 9.81. The Balaban J connectivity index is 2.17. The van der Waals surface area contributed by atoms with Crippen LogP contribution in [0.25, 0.3) is 0 Å². The summed E-state index contributed by atoms with van der Waals surface area (Å²) in [5.74, 6) is 0. The molecule has 0 aromatic heterocycles. The van der Waals surface area contributed by atoms with Gasteiger partial charge in [-0.25, -0.2) is 10.2 Å². The fourth-order valence-electron chi connectivity index (χ4n) is 2.80. The Hall–Kier alpha value is -1.84. The molecule has 4 heteroatoms. The van der Waals surface area contributed by atoms with E-state index in [1.807, 2.05) is 6.07 Å². The molecule has 102 valence electrons. The molecule has 0 bridgehead atoms. The second-order valence-electron chi connectivity index (χ2n) is 5.46. The molecule has 19 heavy (non-hydrogen) atoms. The van der Waals surface area contributed by atoms with E-state index in [1.165, 1.54) is 12.0 Å². The molecule has 1 fully saturated rings. The number of carbonyl (C=O) groups is 1. The fraction of sp³-hybridized carbons (Fsp3) is 0.467. The molecule has 0 aliphatic heterocycles. The quantitative estimate of drug-likeness (QED) is 0.805. The van der Waals surface area contributed by atoms with Crippen molar-refractivity contribution in [3.05, 3.63) is 35.9 Å². The van der Waals surface area contributed by atoms with Crippen LogP contribution in [-0.4, -0.2) is 11.7 Å². The third kappa shape index (κ3) is 3.56. The normalized spacial score (nSPS) is 25.2. The Morgan fingerprint density at radius 2 is 2.11 bits per heavy atom. The van der Waals surface area contributed by atoms with Crippen LogP contribution in [0.5, 0.6) is 0 Å². The van der Waals surface area contributed by atoms with Crippen molar-refractivity contribution in [3.8, 4) is 0 Å². The van der Waals surface area contributed by atoms with Gasteiger partial charge in [-0.05, 0) is 31.2 Å². The Bertz CT molecular complexity index is 470. The second kappa shape index (κ2) is 5.87. The van der Waals surface area contributed by atoms with Gasteiger partial charge in [0.05, 0.1) is 0 Å². The van der Waals surface area contributed by atoms with E-state index in [-0.39, 0.29) is 5.41 Å². The van der Waals surface area contributed by atoms with Crippen molar-refractivity contribution in [2.24, 2.45) is 16.3 Å². The largest absolute Gasteiger partial charge is 0.350 e. The van der Waals surface area contributed by atoms with Crippen molar-refractivity contribution in [3.63, 3.8) is 0 Å². The molecule has 1 aliphatic carbocycles. The number of hydrogen-bond acceptors (Lipinski definition) is 2. The van der Waals surface area contributed by atoms with Crippen molar-refractivity contribution in [1.29, 1.82) is 0 Å². The van der Waals surface area contributed by atoms with E-state index in [0.29, 0.717) is 0 Å². The number of primary amides is 1. The first-order valence-electron chi connectivity index (χ1n) is 6.76. The molecule has 3 N–H and O–H groups in total. The SMILES string of the molecule is C[C@@]1(Cc2ccccc2)CCCC/C1=N/NC(N)=O. The molecule has 1 aromatic carbocycles. The first kappa shape index (κ1) is 13.6. The number of nitrogens with zero attached hydrogens (tertiary/aromatic N) is 1. The first-order chi connectivity index (χ1) is 9.10. The lowest BCUT2D eigenvalue weighted by atomic mass is 9.70. The molecule has 2 amide bonds. The highest BCUT2D eigenvalue weighted by Gasteiger charge is 2.33. The maximum absolute atomic E-state index is 10.8. The van der Waals surface area contributed by atoms with Gasteiger partial charge >= 0.3 is 6.03 Å². The van der Waals surface area contributed by atoms with E-state index in [1.54, 1.807) is 0 Å². The minimum absolute atomic E-state index is 0.0159. The summed E-state index contributed by atoms with van der Waals surface area (Å²) in [5.41, 5.74) is 9.85. The van der Waals surface area contributed by atoms with E-state index in [9.17, 15) is 4.79 Å². The summed E-state index contributed by atoms with van der Waals surface area (Å²) in [7, 11) is 0. The molecule has 0 radical (unpaired) electrons. The van der Waals surface area contributed by atoms with Crippen LogP contribution in [-0.2, 0) is 6.42 Å². The van der Waals surface area contributed by atoms with Gasteiger partial charge in [-0.1, -0.05) is 43.7 Å². The summed E-state index contributed by atoms with van der Waals surface area (Å²) in [4.78, 5) is 10.8. The Morgan fingerprint density at radius 1 is 1.37 bits per heavy atom. The molecule has 1 saturated carbocycles. The lowest BCUT2D eigenvalue weighted by molar-refractivity contribution is 0.249. The van der Waals surface area contributed by atoms with E-state index in [0.717, 1.165) is 31.4 Å². The third-order valence-electron chi connectivity index (χ3n) is 3.83. The number of urea groups is 1. The van der Waals surface area contributed by atoms with E-state index in [2.05, 4.69) is 41.7 Å². The smallest absolute Gasteiger partial charge is 0.332 e. The van der Waals surface area contributed by atoms with Crippen molar-refractivity contribution in [1.82, 2.24) is 5.43 Å². The standard InChI is InChI=1S/C15H21N3O/c1-15(11-12-7-3-2-4-8-12)10-6-5-9-13(15)17-18-14(16)19/h2-4,7-8H,5-6,9-11H2,1H3,(H3,16,18,19)/b17-13-/t15-/m0/s1. The van der Waals surface area contributed by atoms with Gasteiger partial charge in [-0.15, -0.1) is 0 Å². The van der Waals surface area contributed by atoms with Gasteiger partial charge < -0.3 is 5.73 Å². The number of benzene rings is 1. The molecule has 0 saturated heterocycles. The number of amides is 2. The maximum Gasteiger partial charge on any atom is 0.332 e. The average Bonchev–Trinajstić information content (AvgIpc) is 2.38. The van der Waals surface area contributed by atoms with Crippen LogP contribution >= 0.6 is 0 Å². The van der Waals surface area contributed by atoms with E-state index < -0.39 is 6.03 Å². The average molecular weight is 259 g/mol. The summed E-state index contributed by atoms with van der Waals surface area (Å²) in [6.07, 6.45) is 5.32. The van der Waals surface area contributed by atoms with Gasteiger partial charge in [0.15, 0.2) is 0 Å². The van der Waals surface area contributed by atoms with Crippen LogP contribution in [0.4, 0.5) is 4.79 Å². The van der Waals surface area contributed by atoms with Gasteiger partial charge in [0, 0.05) is 11.1 Å². The summed E-state index contributed by atoms with van der Waals surface area (Å²) in [5, 5.41) is 4.22.